The fraction of sp³-hybridized carbons (Fsp3) is 0.600. The van der Waals surface area contributed by atoms with E-state index in [-0.39, 0.29) is 25.5 Å². The van der Waals surface area contributed by atoms with Gasteiger partial charge in [-0.05, 0) is 0 Å². The van der Waals surface area contributed by atoms with Crippen molar-refractivity contribution in [2.75, 3.05) is 39.9 Å². The highest BCUT2D eigenvalue weighted by atomic mass is 16.5. The van der Waals surface area contributed by atoms with Gasteiger partial charge >= 0.3 is 5.97 Å². The predicted molar refractivity (Wildman–Crippen MR) is 57.8 cm³/mol. The topological polar surface area (TPSA) is 78.9 Å². The summed E-state index contributed by atoms with van der Waals surface area (Å²) in [5.74, 6) is 1.02. The van der Waals surface area contributed by atoms with Crippen molar-refractivity contribution in [3.63, 3.8) is 0 Å². The molecule has 0 heterocycles. The van der Waals surface area contributed by atoms with E-state index in [4.69, 9.17) is 16.3 Å². The molecule has 2 N–H and O–H groups in total. The number of nitrogens with one attached hydrogen (secondary N) is 1. The maximum atomic E-state index is 11.3. The predicted octanol–water partition coefficient (Wildman–Crippen LogP) is -1.23. The molecule has 16 heavy (non-hydrogen) atoms. The minimum absolute atomic E-state index is 0.0276. The molecule has 0 saturated heterocycles. The average molecular weight is 228 g/mol. The molecule has 0 saturated carbocycles. The lowest BCUT2D eigenvalue weighted by atomic mass is 10.4. The van der Waals surface area contributed by atoms with Gasteiger partial charge in [0.1, 0.15) is 0 Å². The molecule has 0 radical (unpaired) electrons. The summed E-state index contributed by atoms with van der Waals surface area (Å²) in [5.41, 5.74) is 0. The van der Waals surface area contributed by atoms with Crippen LogP contribution in [0.1, 0.15) is 0 Å². The summed E-state index contributed by atoms with van der Waals surface area (Å²) in [4.78, 5) is 23.1. The van der Waals surface area contributed by atoms with E-state index in [1.54, 1.807) is 0 Å². The van der Waals surface area contributed by atoms with Crippen molar-refractivity contribution in [1.82, 2.24) is 10.2 Å². The van der Waals surface area contributed by atoms with Crippen LogP contribution in [0.5, 0.6) is 0 Å². The quantitative estimate of drug-likeness (QED) is 0.402. The zero-order chi connectivity index (χ0) is 12.4. The number of carbonyl (C=O) groups excluding carboxylic acids is 1. The van der Waals surface area contributed by atoms with Gasteiger partial charge in [-0.25, -0.2) is 0 Å². The van der Waals surface area contributed by atoms with Crippen LogP contribution in [-0.4, -0.2) is 61.8 Å². The van der Waals surface area contributed by atoms with Gasteiger partial charge in [0.25, 0.3) is 0 Å². The number of carboxylic acid groups (broad SMARTS) is 1. The largest absolute Gasteiger partial charge is 0.480 e. The third-order valence-corrected chi connectivity index (χ3v) is 1.67. The Labute approximate surface area is 94.6 Å². The Morgan fingerprint density at radius 1 is 1.50 bits per heavy atom. The third kappa shape index (κ3) is 7.79. The summed E-state index contributed by atoms with van der Waals surface area (Å²) >= 11 is 0. The molecule has 0 atom stereocenters. The lowest BCUT2D eigenvalue weighted by molar-refractivity contribution is -0.138. The van der Waals surface area contributed by atoms with Gasteiger partial charge in [-0.2, -0.15) is 0 Å². The van der Waals surface area contributed by atoms with E-state index in [0.29, 0.717) is 13.2 Å². The van der Waals surface area contributed by atoms with Crippen molar-refractivity contribution in [3.8, 4) is 12.3 Å². The molecule has 0 aliphatic heterocycles. The first-order valence-corrected chi connectivity index (χ1v) is 4.73. The van der Waals surface area contributed by atoms with Gasteiger partial charge in [-0.15, -0.1) is 6.42 Å². The fourth-order valence-corrected chi connectivity index (χ4v) is 1.04. The van der Waals surface area contributed by atoms with Crippen molar-refractivity contribution in [1.29, 1.82) is 0 Å². The number of methoxy groups -OCH3 is 1. The summed E-state index contributed by atoms with van der Waals surface area (Å²) in [6.45, 7) is 0.665. The summed E-state index contributed by atoms with van der Waals surface area (Å²) in [5, 5.41) is 11.2. The summed E-state index contributed by atoms with van der Waals surface area (Å²) in [6, 6.07) is 0. The van der Waals surface area contributed by atoms with Crippen LogP contribution in [0, 0.1) is 12.3 Å². The van der Waals surface area contributed by atoms with Crippen LogP contribution in [0.15, 0.2) is 0 Å². The summed E-state index contributed by atoms with van der Waals surface area (Å²) < 4.78 is 4.75. The minimum atomic E-state index is -1.01. The Kier molecular flexibility index (Phi) is 7.85. The third-order valence-electron chi connectivity index (χ3n) is 1.67. The highest BCUT2D eigenvalue weighted by molar-refractivity contribution is 5.79. The molecule has 6 heteroatoms. The first kappa shape index (κ1) is 14.4. The number of carbonyl (C=O) groups is 2. The SMILES string of the molecule is C#CCN(CC(=O)O)CC(=O)NCCOC. The molecule has 0 aromatic heterocycles. The van der Waals surface area contributed by atoms with Gasteiger partial charge in [0.05, 0.1) is 26.2 Å². The molecule has 90 valence electrons. The van der Waals surface area contributed by atoms with Crippen LogP contribution in [0.2, 0.25) is 0 Å². The standard InChI is InChI=1S/C10H16N2O4/c1-3-5-12(8-10(14)15)7-9(13)11-4-6-16-2/h1H,4-8H2,2H3,(H,11,13)(H,14,15). The van der Waals surface area contributed by atoms with Gasteiger partial charge in [0.15, 0.2) is 0 Å². The lowest BCUT2D eigenvalue weighted by Gasteiger charge is -2.16. The molecule has 0 aliphatic carbocycles. The second-order valence-electron chi connectivity index (χ2n) is 3.09. The Morgan fingerprint density at radius 3 is 2.69 bits per heavy atom. The van der Waals surface area contributed by atoms with Gasteiger partial charge < -0.3 is 15.2 Å². The first-order chi connectivity index (χ1) is 7.60. The van der Waals surface area contributed by atoms with Gasteiger partial charge in [-0.3, -0.25) is 14.5 Å². The first-order valence-electron chi connectivity index (χ1n) is 4.73. The number of hydrogen-bond acceptors (Lipinski definition) is 4. The normalized spacial score (nSPS) is 9.81. The zero-order valence-corrected chi connectivity index (χ0v) is 9.23. The van der Waals surface area contributed by atoms with Crippen molar-refractivity contribution >= 4 is 11.9 Å². The van der Waals surface area contributed by atoms with Crippen molar-refractivity contribution in [3.05, 3.63) is 0 Å². The number of amides is 1. The molecule has 0 unspecified atom stereocenters. The van der Waals surface area contributed by atoms with E-state index in [2.05, 4.69) is 11.2 Å². The molecule has 0 aromatic rings. The van der Waals surface area contributed by atoms with E-state index in [0.717, 1.165) is 0 Å². The molecule has 1 amide bonds. The van der Waals surface area contributed by atoms with Crippen molar-refractivity contribution in [2.24, 2.45) is 0 Å². The van der Waals surface area contributed by atoms with Gasteiger partial charge in [-0.1, -0.05) is 5.92 Å². The van der Waals surface area contributed by atoms with Crippen molar-refractivity contribution in [2.45, 2.75) is 0 Å². The maximum absolute atomic E-state index is 11.3. The van der Waals surface area contributed by atoms with E-state index in [9.17, 15) is 9.59 Å². The number of aliphatic carboxylic acids is 1. The molecule has 0 fully saturated rings. The van der Waals surface area contributed by atoms with Crippen LogP contribution in [-0.2, 0) is 14.3 Å². The lowest BCUT2D eigenvalue weighted by Crippen LogP contribution is -2.40. The van der Waals surface area contributed by atoms with Crippen LogP contribution in [0.4, 0.5) is 0 Å². The van der Waals surface area contributed by atoms with E-state index in [1.165, 1.54) is 12.0 Å². The Bertz CT molecular complexity index is 272. The van der Waals surface area contributed by atoms with Crippen LogP contribution in [0.3, 0.4) is 0 Å². The van der Waals surface area contributed by atoms with Crippen molar-refractivity contribution < 1.29 is 19.4 Å². The van der Waals surface area contributed by atoms with E-state index >= 15 is 0 Å². The Morgan fingerprint density at radius 2 is 2.19 bits per heavy atom. The van der Waals surface area contributed by atoms with Crippen LogP contribution >= 0.6 is 0 Å². The second kappa shape index (κ2) is 8.71. The zero-order valence-electron chi connectivity index (χ0n) is 9.23. The molecule has 0 bridgehead atoms. The number of nitrogens with zero attached hydrogens (tertiary/aromatic N) is 1. The summed E-state index contributed by atoms with van der Waals surface area (Å²) in [7, 11) is 1.53. The van der Waals surface area contributed by atoms with Gasteiger partial charge in [0.2, 0.25) is 5.91 Å². The highest BCUT2D eigenvalue weighted by Gasteiger charge is 2.12. The number of ether oxygens (including phenoxy) is 1. The smallest absolute Gasteiger partial charge is 0.317 e. The molecule has 0 aliphatic rings. The molecular formula is C10H16N2O4. The fourth-order valence-electron chi connectivity index (χ4n) is 1.04. The monoisotopic (exact) mass is 228 g/mol. The molecular weight excluding hydrogens is 212 g/mol. The maximum Gasteiger partial charge on any atom is 0.317 e. The molecule has 0 rings (SSSR count). The van der Waals surface area contributed by atoms with E-state index < -0.39 is 5.97 Å². The average Bonchev–Trinajstić information content (AvgIpc) is 2.17. The number of terminal acetylenes is 1. The Balaban J connectivity index is 3.93. The summed E-state index contributed by atoms with van der Waals surface area (Å²) in [6.07, 6.45) is 5.07. The Hall–Kier alpha value is -1.58. The molecule has 6 nitrogen and oxygen atoms in total. The highest BCUT2D eigenvalue weighted by Crippen LogP contribution is 1.87. The number of rotatable bonds is 8. The molecule has 0 spiro atoms. The van der Waals surface area contributed by atoms with Crippen LogP contribution in [0.25, 0.3) is 0 Å². The van der Waals surface area contributed by atoms with E-state index in [1.807, 2.05) is 0 Å². The van der Waals surface area contributed by atoms with Crippen LogP contribution < -0.4 is 5.32 Å². The van der Waals surface area contributed by atoms with Gasteiger partial charge in [0, 0.05) is 13.7 Å². The number of carboxylic acids is 1. The minimum Gasteiger partial charge on any atom is -0.480 e. The molecule has 0 aromatic carbocycles. The second-order valence-corrected chi connectivity index (χ2v) is 3.09. The number of hydrogen-bond donors (Lipinski definition) is 2.